The Bertz CT molecular complexity index is 727. The van der Waals surface area contributed by atoms with Crippen LogP contribution in [0.25, 0.3) is 0 Å². The van der Waals surface area contributed by atoms with Gasteiger partial charge in [-0.3, -0.25) is 5.43 Å². The molecule has 0 saturated carbocycles. The zero-order valence-electron chi connectivity index (χ0n) is 12.1. The molecule has 2 aromatic carbocycles. The Morgan fingerprint density at radius 2 is 1.96 bits per heavy atom. The number of rotatable bonds is 5. The largest absolute Gasteiger partial charge is 0.304 e. The van der Waals surface area contributed by atoms with Gasteiger partial charge in [-0.1, -0.05) is 42.1 Å². The normalized spacial score (nSPS) is 20.2. The van der Waals surface area contributed by atoms with E-state index >= 15 is 0 Å². The maximum absolute atomic E-state index is 14.0. The van der Waals surface area contributed by atoms with Crippen LogP contribution in [0.4, 0.5) is 8.78 Å². The molecular formula is C16H15F2N3OS. The molecule has 3 N–H and O–H groups in total. The Morgan fingerprint density at radius 1 is 1.17 bits per heavy atom. The molecule has 0 amide bonds. The van der Waals surface area contributed by atoms with E-state index in [4.69, 9.17) is 10.7 Å². The van der Waals surface area contributed by atoms with Crippen LogP contribution >= 0.6 is 11.8 Å². The zero-order valence-corrected chi connectivity index (χ0v) is 12.9. The number of hydrazone groups is 1. The summed E-state index contributed by atoms with van der Waals surface area (Å²) in [4.78, 5) is 4.07. The van der Waals surface area contributed by atoms with Gasteiger partial charge in [0.1, 0.15) is 21.5 Å². The summed E-state index contributed by atoms with van der Waals surface area (Å²) in [5, 5.41) is 4.61. The smallest absolute Gasteiger partial charge is 0.133 e. The van der Waals surface area contributed by atoms with Crippen LogP contribution in [-0.2, 0) is 9.71 Å². The molecule has 0 spiro atoms. The number of thioether (sulfide) groups is 1. The molecule has 3 rings (SSSR count). The van der Waals surface area contributed by atoms with Gasteiger partial charge in [-0.05, 0) is 23.8 Å². The SMILES string of the molecule is NOCC[C@]1(c2ccccc2)NN=C(c2cc(F)ccc2F)S1. The molecule has 2 aromatic rings. The summed E-state index contributed by atoms with van der Waals surface area (Å²) in [6.07, 6.45) is 0.516. The lowest BCUT2D eigenvalue weighted by molar-refractivity contribution is 0.124. The third-order valence-corrected chi connectivity index (χ3v) is 4.96. The van der Waals surface area contributed by atoms with Crippen molar-refractivity contribution in [2.45, 2.75) is 11.3 Å². The molecule has 1 heterocycles. The summed E-state index contributed by atoms with van der Waals surface area (Å²) < 4.78 is 27.4. The molecule has 4 nitrogen and oxygen atoms in total. The lowest BCUT2D eigenvalue weighted by Gasteiger charge is -2.28. The fourth-order valence-electron chi connectivity index (χ4n) is 2.41. The number of nitrogens with one attached hydrogen (secondary N) is 1. The molecule has 23 heavy (non-hydrogen) atoms. The van der Waals surface area contributed by atoms with Gasteiger partial charge >= 0.3 is 0 Å². The highest BCUT2D eigenvalue weighted by molar-refractivity contribution is 8.15. The van der Waals surface area contributed by atoms with Gasteiger partial charge in [0.25, 0.3) is 0 Å². The molecule has 120 valence electrons. The van der Waals surface area contributed by atoms with Gasteiger partial charge in [0, 0.05) is 12.0 Å². The molecule has 1 aliphatic heterocycles. The lowest BCUT2D eigenvalue weighted by atomic mass is 10.0. The van der Waals surface area contributed by atoms with E-state index in [0.717, 1.165) is 23.8 Å². The van der Waals surface area contributed by atoms with Crippen LogP contribution in [0.3, 0.4) is 0 Å². The van der Waals surface area contributed by atoms with Gasteiger partial charge in [0.15, 0.2) is 0 Å². The van der Waals surface area contributed by atoms with Gasteiger partial charge < -0.3 is 4.84 Å². The predicted molar refractivity (Wildman–Crippen MR) is 86.5 cm³/mol. The Balaban J connectivity index is 1.92. The molecular weight excluding hydrogens is 320 g/mol. The average molecular weight is 335 g/mol. The number of hydrogen-bond donors (Lipinski definition) is 2. The molecule has 0 saturated heterocycles. The molecule has 7 heteroatoms. The fourth-order valence-corrected chi connectivity index (χ4v) is 3.63. The Morgan fingerprint density at radius 3 is 2.70 bits per heavy atom. The highest BCUT2D eigenvalue weighted by Crippen LogP contribution is 2.43. The quantitative estimate of drug-likeness (QED) is 0.825. The first kappa shape index (κ1) is 15.9. The van der Waals surface area contributed by atoms with E-state index in [9.17, 15) is 8.78 Å². The maximum Gasteiger partial charge on any atom is 0.133 e. The third kappa shape index (κ3) is 3.21. The summed E-state index contributed by atoms with van der Waals surface area (Å²) in [5.41, 5.74) is 4.13. The molecule has 0 fully saturated rings. The summed E-state index contributed by atoms with van der Waals surface area (Å²) >= 11 is 1.32. The second kappa shape index (κ2) is 6.66. The van der Waals surface area contributed by atoms with Crippen molar-refractivity contribution >= 4 is 16.8 Å². The second-order valence-electron chi connectivity index (χ2n) is 5.07. The Hall–Kier alpha value is -1.96. The van der Waals surface area contributed by atoms with E-state index in [1.807, 2.05) is 30.3 Å². The van der Waals surface area contributed by atoms with Crippen LogP contribution in [0.15, 0.2) is 53.6 Å². The van der Waals surface area contributed by atoms with E-state index < -0.39 is 16.5 Å². The van der Waals surface area contributed by atoms with Crippen molar-refractivity contribution in [1.29, 1.82) is 0 Å². The summed E-state index contributed by atoms with van der Waals surface area (Å²) in [5.74, 6) is 4.13. The predicted octanol–water partition coefficient (Wildman–Crippen LogP) is 3.10. The number of benzene rings is 2. The standard InChI is InChI=1S/C16H15F2N3OS/c17-12-6-7-14(18)13(10-12)15-20-21-16(23-15,8-9-22-19)11-4-2-1-3-5-11/h1-7,10,21H,8-9,19H2/t16-/m0/s1. The first-order chi connectivity index (χ1) is 11.1. The van der Waals surface area contributed by atoms with Crippen LogP contribution in [0.1, 0.15) is 17.5 Å². The van der Waals surface area contributed by atoms with E-state index in [1.165, 1.54) is 11.8 Å². The van der Waals surface area contributed by atoms with E-state index in [2.05, 4.69) is 10.5 Å². The molecule has 0 unspecified atom stereocenters. The summed E-state index contributed by atoms with van der Waals surface area (Å²) in [6, 6.07) is 12.9. The van der Waals surface area contributed by atoms with Crippen molar-refractivity contribution in [3.8, 4) is 0 Å². The second-order valence-corrected chi connectivity index (χ2v) is 6.36. The van der Waals surface area contributed by atoms with Gasteiger partial charge in [-0.2, -0.15) is 5.10 Å². The minimum Gasteiger partial charge on any atom is -0.304 e. The van der Waals surface area contributed by atoms with Crippen molar-refractivity contribution in [3.63, 3.8) is 0 Å². The van der Waals surface area contributed by atoms with Gasteiger partial charge in [-0.25, -0.2) is 14.7 Å². The summed E-state index contributed by atoms with van der Waals surface area (Å²) in [7, 11) is 0. The van der Waals surface area contributed by atoms with Crippen LogP contribution in [0.2, 0.25) is 0 Å². The highest BCUT2D eigenvalue weighted by Gasteiger charge is 2.39. The molecule has 1 atom stereocenters. The Labute approximate surface area is 136 Å². The van der Waals surface area contributed by atoms with E-state index in [-0.39, 0.29) is 5.56 Å². The van der Waals surface area contributed by atoms with Crippen LogP contribution in [-0.4, -0.2) is 11.7 Å². The average Bonchev–Trinajstić information content (AvgIpc) is 3.01. The molecule has 0 radical (unpaired) electrons. The zero-order chi connectivity index (χ0) is 16.3. The van der Waals surface area contributed by atoms with Gasteiger partial charge in [0.05, 0.1) is 6.61 Å². The van der Waals surface area contributed by atoms with Crippen molar-refractivity contribution in [2.24, 2.45) is 11.0 Å². The van der Waals surface area contributed by atoms with Gasteiger partial charge in [0.2, 0.25) is 0 Å². The molecule has 0 aromatic heterocycles. The third-order valence-electron chi connectivity index (χ3n) is 3.58. The van der Waals surface area contributed by atoms with Crippen LogP contribution < -0.4 is 11.3 Å². The number of hydrogen-bond acceptors (Lipinski definition) is 5. The molecule has 0 aliphatic carbocycles. The van der Waals surface area contributed by atoms with Crippen molar-refractivity contribution < 1.29 is 13.6 Å². The van der Waals surface area contributed by atoms with Crippen molar-refractivity contribution in [2.75, 3.05) is 6.61 Å². The minimum atomic E-state index is -0.630. The van der Waals surface area contributed by atoms with Crippen LogP contribution in [0, 0.1) is 11.6 Å². The van der Waals surface area contributed by atoms with Crippen molar-refractivity contribution in [1.82, 2.24) is 5.43 Å². The summed E-state index contributed by atoms with van der Waals surface area (Å²) in [6.45, 7) is 0.295. The molecule has 0 bridgehead atoms. The Kier molecular flexibility index (Phi) is 4.61. The van der Waals surface area contributed by atoms with Crippen molar-refractivity contribution in [3.05, 3.63) is 71.3 Å². The number of nitrogens with zero attached hydrogens (tertiary/aromatic N) is 1. The topological polar surface area (TPSA) is 59.6 Å². The first-order valence-electron chi connectivity index (χ1n) is 7.01. The first-order valence-corrected chi connectivity index (χ1v) is 7.83. The maximum atomic E-state index is 14.0. The lowest BCUT2D eigenvalue weighted by Crippen LogP contribution is -2.34. The fraction of sp³-hybridized carbons (Fsp3) is 0.188. The van der Waals surface area contributed by atoms with E-state index in [1.54, 1.807) is 0 Å². The monoisotopic (exact) mass is 335 g/mol. The number of nitrogens with two attached hydrogens (primary N) is 1. The van der Waals surface area contributed by atoms with E-state index in [0.29, 0.717) is 18.1 Å². The number of halogens is 2. The van der Waals surface area contributed by atoms with Crippen LogP contribution in [0.5, 0.6) is 0 Å². The molecule has 1 aliphatic rings. The van der Waals surface area contributed by atoms with Gasteiger partial charge in [-0.15, -0.1) is 0 Å². The highest BCUT2D eigenvalue weighted by atomic mass is 32.2. The minimum absolute atomic E-state index is 0.133.